The average molecular weight is 234 g/mol. The Hall–Kier alpha value is -1.58. The molecule has 1 N–H and O–H groups in total. The van der Waals surface area contributed by atoms with Crippen LogP contribution in [-0.2, 0) is 4.74 Å². The summed E-state index contributed by atoms with van der Waals surface area (Å²) in [7, 11) is 0. The van der Waals surface area contributed by atoms with Crippen molar-refractivity contribution in [2.75, 3.05) is 5.32 Å². The molecule has 1 amide bonds. The van der Waals surface area contributed by atoms with Crippen LogP contribution < -0.4 is 5.32 Å². The molecule has 0 spiro atoms. The minimum Gasteiger partial charge on any atom is -0.444 e. The monoisotopic (exact) mass is 234 g/mol. The van der Waals surface area contributed by atoms with E-state index in [9.17, 15) is 4.79 Å². The Morgan fingerprint density at radius 3 is 2.71 bits per heavy atom. The highest BCUT2D eigenvalue weighted by Gasteiger charge is 2.24. The van der Waals surface area contributed by atoms with Crippen molar-refractivity contribution in [3.63, 3.8) is 0 Å². The Labute approximate surface area is 101 Å². The SMILES string of the molecule is CC(C)(C)OC(=O)Nc1cncc(C2CC2)c1. The van der Waals surface area contributed by atoms with Crippen LogP contribution in [0.1, 0.15) is 45.1 Å². The number of hydrogen-bond donors (Lipinski definition) is 1. The third-order valence-corrected chi connectivity index (χ3v) is 2.45. The topological polar surface area (TPSA) is 51.2 Å². The van der Waals surface area contributed by atoms with Crippen molar-refractivity contribution in [2.45, 2.75) is 45.1 Å². The minimum atomic E-state index is -0.481. The molecular weight excluding hydrogens is 216 g/mol. The van der Waals surface area contributed by atoms with Gasteiger partial charge in [-0.2, -0.15) is 0 Å². The zero-order valence-corrected chi connectivity index (χ0v) is 10.5. The van der Waals surface area contributed by atoms with Crippen molar-refractivity contribution < 1.29 is 9.53 Å². The van der Waals surface area contributed by atoms with Crippen LogP contribution in [-0.4, -0.2) is 16.7 Å². The van der Waals surface area contributed by atoms with Gasteiger partial charge in [-0.25, -0.2) is 4.79 Å². The van der Waals surface area contributed by atoms with Crippen LogP contribution >= 0.6 is 0 Å². The van der Waals surface area contributed by atoms with Gasteiger partial charge in [0.1, 0.15) is 5.60 Å². The van der Waals surface area contributed by atoms with Gasteiger partial charge in [-0.15, -0.1) is 0 Å². The van der Waals surface area contributed by atoms with Crippen LogP contribution in [0.25, 0.3) is 0 Å². The van der Waals surface area contributed by atoms with Crippen LogP contribution in [0.5, 0.6) is 0 Å². The first kappa shape index (κ1) is 11.9. The number of pyridine rings is 1. The van der Waals surface area contributed by atoms with Gasteiger partial charge in [0.05, 0.1) is 11.9 Å². The highest BCUT2D eigenvalue weighted by Crippen LogP contribution is 2.40. The Kier molecular flexibility index (Phi) is 3.05. The zero-order valence-electron chi connectivity index (χ0n) is 10.5. The van der Waals surface area contributed by atoms with Gasteiger partial charge in [0, 0.05) is 6.20 Å². The maximum atomic E-state index is 11.6. The molecule has 1 aromatic heterocycles. The Morgan fingerprint density at radius 2 is 2.12 bits per heavy atom. The summed E-state index contributed by atoms with van der Waals surface area (Å²) in [5, 5.41) is 2.70. The van der Waals surface area contributed by atoms with Gasteiger partial charge in [0.2, 0.25) is 0 Å². The molecule has 92 valence electrons. The quantitative estimate of drug-likeness (QED) is 0.854. The van der Waals surface area contributed by atoms with Crippen LogP contribution in [0.4, 0.5) is 10.5 Å². The molecule has 1 aliphatic rings. The second-order valence-corrected chi connectivity index (χ2v) is 5.41. The predicted molar refractivity (Wildman–Crippen MR) is 66.1 cm³/mol. The molecular formula is C13H18N2O2. The second-order valence-electron chi connectivity index (χ2n) is 5.41. The lowest BCUT2D eigenvalue weighted by molar-refractivity contribution is 0.0636. The van der Waals surface area contributed by atoms with Crippen LogP contribution in [0.2, 0.25) is 0 Å². The Morgan fingerprint density at radius 1 is 1.41 bits per heavy atom. The molecule has 0 radical (unpaired) electrons. The number of nitrogens with one attached hydrogen (secondary N) is 1. The van der Waals surface area contributed by atoms with Crippen LogP contribution in [0, 0.1) is 0 Å². The zero-order chi connectivity index (χ0) is 12.5. The lowest BCUT2D eigenvalue weighted by Crippen LogP contribution is -2.27. The molecule has 4 nitrogen and oxygen atoms in total. The van der Waals surface area contributed by atoms with Gasteiger partial charge in [0.25, 0.3) is 0 Å². The molecule has 1 heterocycles. The van der Waals surface area contributed by atoms with E-state index in [4.69, 9.17) is 4.74 Å². The number of hydrogen-bond acceptors (Lipinski definition) is 3. The minimum absolute atomic E-state index is 0.438. The molecule has 0 unspecified atom stereocenters. The number of aromatic nitrogens is 1. The van der Waals surface area contributed by atoms with Crippen molar-refractivity contribution in [3.8, 4) is 0 Å². The van der Waals surface area contributed by atoms with Crippen molar-refractivity contribution in [3.05, 3.63) is 24.0 Å². The summed E-state index contributed by atoms with van der Waals surface area (Å²) in [5.74, 6) is 0.628. The maximum Gasteiger partial charge on any atom is 0.412 e. The van der Waals surface area contributed by atoms with Gasteiger partial charge in [0.15, 0.2) is 0 Å². The smallest absolute Gasteiger partial charge is 0.412 e. The molecule has 1 saturated carbocycles. The summed E-state index contributed by atoms with van der Waals surface area (Å²) in [6, 6.07) is 1.97. The summed E-state index contributed by atoms with van der Waals surface area (Å²) >= 11 is 0. The lowest BCUT2D eigenvalue weighted by Gasteiger charge is -2.19. The fourth-order valence-corrected chi connectivity index (χ4v) is 1.59. The highest BCUT2D eigenvalue weighted by atomic mass is 16.6. The van der Waals surface area contributed by atoms with Crippen LogP contribution in [0.3, 0.4) is 0 Å². The molecule has 0 saturated heterocycles. The first-order chi connectivity index (χ1) is 7.94. The molecule has 0 bridgehead atoms. The van der Waals surface area contributed by atoms with E-state index in [0.717, 1.165) is 0 Å². The highest BCUT2D eigenvalue weighted by molar-refractivity contribution is 5.84. The first-order valence-electron chi connectivity index (χ1n) is 5.89. The van der Waals surface area contributed by atoms with Crippen molar-refractivity contribution in [2.24, 2.45) is 0 Å². The molecule has 1 aromatic rings. The normalized spacial score (nSPS) is 15.5. The van der Waals surface area contributed by atoms with E-state index in [0.29, 0.717) is 11.6 Å². The number of rotatable bonds is 2. The molecule has 4 heteroatoms. The van der Waals surface area contributed by atoms with E-state index in [1.165, 1.54) is 18.4 Å². The number of carbonyl (C=O) groups is 1. The predicted octanol–water partition coefficient (Wildman–Crippen LogP) is 3.31. The average Bonchev–Trinajstić information content (AvgIpc) is 2.97. The number of nitrogens with zero attached hydrogens (tertiary/aromatic N) is 1. The summed E-state index contributed by atoms with van der Waals surface area (Å²) in [5.41, 5.74) is 1.41. The van der Waals surface area contributed by atoms with Crippen molar-refractivity contribution in [1.82, 2.24) is 4.98 Å². The largest absolute Gasteiger partial charge is 0.444 e. The second kappa shape index (κ2) is 4.35. The number of amides is 1. The Bertz CT molecular complexity index is 420. The van der Waals surface area contributed by atoms with Gasteiger partial charge < -0.3 is 4.74 Å². The van der Waals surface area contributed by atoms with Gasteiger partial charge in [-0.05, 0) is 51.2 Å². The molecule has 0 atom stereocenters. The first-order valence-corrected chi connectivity index (χ1v) is 5.89. The third kappa shape index (κ3) is 3.73. The number of ether oxygens (including phenoxy) is 1. The maximum absolute atomic E-state index is 11.6. The number of carbonyl (C=O) groups excluding carboxylic acids is 1. The van der Waals surface area contributed by atoms with Crippen molar-refractivity contribution >= 4 is 11.8 Å². The molecule has 0 aliphatic heterocycles. The fraction of sp³-hybridized carbons (Fsp3) is 0.538. The van der Waals surface area contributed by atoms with E-state index in [-0.39, 0.29) is 0 Å². The van der Waals surface area contributed by atoms with Gasteiger partial charge >= 0.3 is 6.09 Å². The van der Waals surface area contributed by atoms with Gasteiger partial charge in [-0.1, -0.05) is 0 Å². The Balaban J connectivity index is 1.98. The summed E-state index contributed by atoms with van der Waals surface area (Å²) < 4.78 is 5.18. The lowest BCUT2D eigenvalue weighted by atomic mass is 10.2. The molecule has 17 heavy (non-hydrogen) atoms. The third-order valence-electron chi connectivity index (χ3n) is 2.45. The van der Waals surface area contributed by atoms with E-state index < -0.39 is 11.7 Å². The standard InChI is InChI=1S/C13H18N2O2/c1-13(2,3)17-12(16)15-11-6-10(7-14-8-11)9-4-5-9/h6-9H,4-5H2,1-3H3,(H,15,16). The molecule has 2 rings (SSSR count). The fourth-order valence-electron chi connectivity index (χ4n) is 1.59. The van der Waals surface area contributed by atoms with Gasteiger partial charge in [-0.3, -0.25) is 10.3 Å². The van der Waals surface area contributed by atoms with E-state index in [1.807, 2.05) is 33.0 Å². The molecule has 1 aliphatic carbocycles. The molecule has 1 fully saturated rings. The number of anilines is 1. The summed E-state index contributed by atoms with van der Waals surface area (Å²) in [6.45, 7) is 5.52. The van der Waals surface area contributed by atoms with E-state index >= 15 is 0 Å². The van der Waals surface area contributed by atoms with Crippen LogP contribution in [0.15, 0.2) is 18.5 Å². The molecule has 0 aromatic carbocycles. The summed E-state index contributed by atoms with van der Waals surface area (Å²) in [4.78, 5) is 15.7. The summed E-state index contributed by atoms with van der Waals surface area (Å²) in [6.07, 6.45) is 5.50. The van der Waals surface area contributed by atoms with E-state index in [2.05, 4.69) is 10.3 Å². The van der Waals surface area contributed by atoms with Crippen molar-refractivity contribution in [1.29, 1.82) is 0 Å². The van der Waals surface area contributed by atoms with E-state index in [1.54, 1.807) is 6.20 Å².